The number of benzene rings is 2. The fourth-order valence-corrected chi connectivity index (χ4v) is 2.79. The quantitative estimate of drug-likeness (QED) is 0.605. The lowest BCUT2D eigenvalue weighted by molar-refractivity contribution is -0.121. The summed E-state index contributed by atoms with van der Waals surface area (Å²) in [6.07, 6.45) is 2.07. The van der Waals surface area contributed by atoms with Crippen LogP contribution in [-0.4, -0.2) is 28.6 Å². The third kappa shape index (κ3) is 5.39. The summed E-state index contributed by atoms with van der Waals surface area (Å²) >= 11 is 5.93. The zero-order valence-corrected chi connectivity index (χ0v) is 15.5. The molecule has 0 saturated carbocycles. The van der Waals surface area contributed by atoms with E-state index in [0.717, 1.165) is 5.56 Å². The van der Waals surface area contributed by atoms with Crippen LogP contribution in [0.25, 0.3) is 10.9 Å². The van der Waals surface area contributed by atoms with Crippen molar-refractivity contribution in [3.63, 3.8) is 0 Å². The van der Waals surface area contributed by atoms with Crippen LogP contribution >= 0.6 is 11.6 Å². The Hall–Kier alpha value is -2.70. The molecule has 2 aromatic carbocycles. The highest BCUT2D eigenvalue weighted by atomic mass is 35.5. The van der Waals surface area contributed by atoms with Gasteiger partial charge in [-0.05, 0) is 30.2 Å². The van der Waals surface area contributed by atoms with Crippen molar-refractivity contribution in [2.24, 2.45) is 0 Å². The van der Waals surface area contributed by atoms with Gasteiger partial charge in [-0.1, -0.05) is 41.9 Å². The fraction of sp³-hybridized carbons (Fsp3) is 0.250. The van der Waals surface area contributed by atoms with Crippen LogP contribution in [0.4, 0.5) is 0 Å². The molecule has 0 aliphatic carbocycles. The van der Waals surface area contributed by atoms with E-state index >= 15 is 0 Å². The first-order chi connectivity index (χ1) is 13.1. The van der Waals surface area contributed by atoms with E-state index in [9.17, 15) is 9.59 Å². The normalized spacial score (nSPS) is 10.9. The number of rotatable bonds is 8. The Kier molecular flexibility index (Phi) is 6.57. The summed E-state index contributed by atoms with van der Waals surface area (Å²) < 4.78 is 6.85. The molecule has 27 heavy (non-hydrogen) atoms. The number of amides is 1. The Morgan fingerprint density at radius 2 is 2.00 bits per heavy atom. The molecular formula is C20H20ClN3O3. The van der Waals surface area contributed by atoms with E-state index in [0.29, 0.717) is 42.1 Å². The Morgan fingerprint density at radius 3 is 2.81 bits per heavy atom. The average molecular weight is 386 g/mol. The van der Waals surface area contributed by atoms with Crippen LogP contribution in [0.2, 0.25) is 5.02 Å². The lowest BCUT2D eigenvalue weighted by Gasteiger charge is -2.08. The predicted molar refractivity (Wildman–Crippen MR) is 105 cm³/mol. The van der Waals surface area contributed by atoms with Crippen LogP contribution < -0.4 is 10.9 Å². The number of hydrogen-bond acceptors (Lipinski definition) is 4. The molecule has 0 fully saturated rings. The number of fused-ring (bicyclic) bond motifs is 1. The van der Waals surface area contributed by atoms with Gasteiger partial charge in [-0.2, -0.15) is 0 Å². The van der Waals surface area contributed by atoms with E-state index in [2.05, 4.69) is 10.3 Å². The van der Waals surface area contributed by atoms with E-state index in [1.165, 1.54) is 10.9 Å². The van der Waals surface area contributed by atoms with Crippen LogP contribution in [0.3, 0.4) is 0 Å². The number of carbonyl (C=O) groups excluding carboxylic acids is 1. The van der Waals surface area contributed by atoms with Gasteiger partial charge in [0.25, 0.3) is 5.56 Å². The van der Waals surface area contributed by atoms with Gasteiger partial charge in [0.1, 0.15) is 6.54 Å². The molecule has 3 rings (SSSR count). The Bertz CT molecular complexity index is 973. The van der Waals surface area contributed by atoms with Crippen molar-refractivity contribution >= 4 is 28.4 Å². The minimum atomic E-state index is -0.288. The van der Waals surface area contributed by atoms with Gasteiger partial charge in [-0.15, -0.1) is 0 Å². The third-order valence-corrected chi connectivity index (χ3v) is 4.23. The molecular weight excluding hydrogens is 366 g/mol. The average Bonchev–Trinajstić information content (AvgIpc) is 2.68. The van der Waals surface area contributed by atoms with Crippen LogP contribution in [0.15, 0.2) is 59.7 Å². The summed E-state index contributed by atoms with van der Waals surface area (Å²) in [5.41, 5.74) is 1.38. The second-order valence-electron chi connectivity index (χ2n) is 6.08. The topological polar surface area (TPSA) is 73.2 Å². The molecule has 1 N–H and O–H groups in total. The monoisotopic (exact) mass is 385 g/mol. The summed E-state index contributed by atoms with van der Waals surface area (Å²) in [6.45, 7) is 1.50. The van der Waals surface area contributed by atoms with Crippen molar-refractivity contribution in [2.75, 3.05) is 13.2 Å². The van der Waals surface area contributed by atoms with E-state index in [1.54, 1.807) is 18.2 Å². The molecule has 1 heterocycles. The Morgan fingerprint density at radius 1 is 1.19 bits per heavy atom. The maximum Gasteiger partial charge on any atom is 0.261 e. The van der Waals surface area contributed by atoms with Crippen LogP contribution in [0.5, 0.6) is 0 Å². The molecule has 0 radical (unpaired) electrons. The molecule has 0 atom stereocenters. The first kappa shape index (κ1) is 19.1. The number of ether oxygens (including phenoxy) is 1. The maximum atomic E-state index is 12.4. The molecule has 1 amide bonds. The summed E-state index contributed by atoms with van der Waals surface area (Å²) in [5, 5.41) is 3.64. The van der Waals surface area contributed by atoms with Gasteiger partial charge in [0.2, 0.25) is 5.91 Å². The summed E-state index contributed by atoms with van der Waals surface area (Å²) in [7, 11) is 0. The van der Waals surface area contributed by atoms with Crippen LogP contribution in [-0.2, 0) is 22.7 Å². The first-order valence-corrected chi connectivity index (χ1v) is 9.04. The van der Waals surface area contributed by atoms with E-state index in [4.69, 9.17) is 16.3 Å². The molecule has 0 spiro atoms. The molecule has 0 unspecified atom stereocenters. The maximum absolute atomic E-state index is 12.4. The fourth-order valence-electron chi connectivity index (χ4n) is 2.62. The smallest absolute Gasteiger partial charge is 0.261 e. The number of aromatic nitrogens is 2. The van der Waals surface area contributed by atoms with Gasteiger partial charge in [0.05, 0.1) is 23.8 Å². The van der Waals surface area contributed by atoms with Crippen molar-refractivity contribution in [2.45, 2.75) is 19.6 Å². The third-order valence-electron chi connectivity index (χ3n) is 4.00. The molecule has 1 aromatic heterocycles. The number of carbonyl (C=O) groups is 1. The van der Waals surface area contributed by atoms with Crippen molar-refractivity contribution in [3.8, 4) is 0 Å². The van der Waals surface area contributed by atoms with Gasteiger partial charge in [0.15, 0.2) is 0 Å². The van der Waals surface area contributed by atoms with Crippen molar-refractivity contribution in [1.29, 1.82) is 0 Å². The molecule has 0 bridgehead atoms. The lowest BCUT2D eigenvalue weighted by atomic mass is 10.2. The van der Waals surface area contributed by atoms with Crippen LogP contribution in [0.1, 0.15) is 12.0 Å². The standard InChI is InChI=1S/C20H20ClN3O3/c21-16-7-8-18-17(11-16)20(26)24(14-23-18)12-19(25)22-9-4-10-27-13-15-5-2-1-3-6-15/h1-3,5-8,11,14H,4,9-10,12-13H2,(H,22,25). The zero-order chi connectivity index (χ0) is 19.1. The minimum absolute atomic E-state index is 0.0842. The number of nitrogens with one attached hydrogen (secondary N) is 1. The predicted octanol–water partition coefficient (Wildman–Crippen LogP) is 2.77. The highest BCUT2D eigenvalue weighted by Crippen LogP contribution is 2.13. The summed E-state index contributed by atoms with van der Waals surface area (Å²) in [6, 6.07) is 14.8. The van der Waals surface area contributed by atoms with Gasteiger partial charge in [-0.3, -0.25) is 14.2 Å². The van der Waals surface area contributed by atoms with Gasteiger partial charge in [0, 0.05) is 18.2 Å². The molecule has 0 aliphatic rings. The molecule has 0 aliphatic heterocycles. The minimum Gasteiger partial charge on any atom is -0.377 e. The first-order valence-electron chi connectivity index (χ1n) is 8.66. The SMILES string of the molecule is O=C(Cn1cnc2ccc(Cl)cc2c1=O)NCCCOCc1ccccc1. The molecule has 7 heteroatoms. The van der Waals surface area contributed by atoms with Crippen molar-refractivity contribution in [3.05, 3.63) is 75.8 Å². The van der Waals surface area contributed by atoms with E-state index in [-0.39, 0.29) is 18.0 Å². The highest BCUT2D eigenvalue weighted by molar-refractivity contribution is 6.31. The van der Waals surface area contributed by atoms with E-state index < -0.39 is 0 Å². The van der Waals surface area contributed by atoms with Crippen LogP contribution in [0, 0.1) is 0 Å². The second-order valence-corrected chi connectivity index (χ2v) is 6.52. The Labute approximate surface area is 161 Å². The molecule has 6 nitrogen and oxygen atoms in total. The van der Waals surface area contributed by atoms with E-state index in [1.807, 2.05) is 30.3 Å². The lowest BCUT2D eigenvalue weighted by Crippen LogP contribution is -2.33. The highest BCUT2D eigenvalue weighted by Gasteiger charge is 2.08. The summed E-state index contributed by atoms with van der Waals surface area (Å²) in [4.78, 5) is 28.7. The number of halogens is 1. The van der Waals surface area contributed by atoms with Gasteiger partial charge in [-0.25, -0.2) is 4.98 Å². The van der Waals surface area contributed by atoms with Gasteiger partial charge >= 0.3 is 0 Å². The number of nitrogens with zero attached hydrogens (tertiary/aromatic N) is 2. The van der Waals surface area contributed by atoms with Gasteiger partial charge < -0.3 is 10.1 Å². The molecule has 0 saturated heterocycles. The van der Waals surface area contributed by atoms with Crippen molar-refractivity contribution in [1.82, 2.24) is 14.9 Å². The number of hydrogen-bond donors (Lipinski definition) is 1. The largest absolute Gasteiger partial charge is 0.377 e. The van der Waals surface area contributed by atoms with Crippen molar-refractivity contribution < 1.29 is 9.53 Å². The summed E-state index contributed by atoms with van der Waals surface area (Å²) in [5.74, 6) is -0.247. The molecule has 3 aromatic rings. The zero-order valence-electron chi connectivity index (χ0n) is 14.7. The second kappa shape index (κ2) is 9.30. The Balaban J connectivity index is 1.43. The molecule has 140 valence electrons.